The van der Waals surface area contributed by atoms with Crippen LogP contribution in [0.5, 0.6) is 5.75 Å². The van der Waals surface area contributed by atoms with Crippen molar-refractivity contribution in [2.24, 2.45) is 0 Å². The summed E-state index contributed by atoms with van der Waals surface area (Å²) in [5.74, 6) is 1.06. The average Bonchev–Trinajstić information content (AvgIpc) is 2.57. The first-order valence-corrected chi connectivity index (χ1v) is 8.36. The Balaban J connectivity index is 2.16. The van der Waals surface area contributed by atoms with Gasteiger partial charge in [0.2, 0.25) is 0 Å². The second-order valence-corrected chi connectivity index (χ2v) is 5.77. The van der Waals surface area contributed by atoms with Crippen molar-refractivity contribution in [1.29, 1.82) is 5.26 Å². The number of rotatable bonds is 7. The van der Waals surface area contributed by atoms with Gasteiger partial charge in [-0.2, -0.15) is 5.26 Å². The van der Waals surface area contributed by atoms with Gasteiger partial charge in [-0.1, -0.05) is 24.3 Å². The fourth-order valence-electron chi connectivity index (χ4n) is 2.03. The number of nitrogens with zero attached hydrogens (tertiary/aromatic N) is 1. The van der Waals surface area contributed by atoms with E-state index in [1.54, 1.807) is 23.9 Å². The number of carbonyl (C=O) groups excluding carboxylic acids is 1. The van der Waals surface area contributed by atoms with Gasteiger partial charge in [-0.05, 0) is 31.2 Å². The normalized spacial score (nSPS) is 9.91. The largest absolute Gasteiger partial charge is 0.493 e. The molecule has 0 aliphatic carbocycles. The number of amides is 1. The molecule has 0 saturated heterocycles. The Bertz CT molecular complexity index is 710. The van der Waals surface area contributed by atoms with Crippen molar-refractivity contribution >= 4 is 23.4 Å². The molecule has 118 valence electrons. The summed E-state index contributed by atoms with van der Waals surface area (Å²) in [5.41, 5.74) is 1.25. The first-order valence-electron chi connectivity index (χ1n) is 7.38. The molecule has 23 heavy (non-hydrogen) atoms. The van der Waals surface area contributed by atoms with Crippen LogP contribution in [0.1, 0.15) is 23.7 Å². The fourth-order valence-corrected chi connectivity index (χ4v) is 2.89. The van der Waals surface area contributed by atoms with Crippen LogP contribution in [-0.2, 0) is 0 Å². The standard InChI is InChI=1S/C18H18N2O2S/c1-2-22-16-10-5-3-8-14(16)18(21)20-15-9-4-6-11-17(15)23-13-7-12-19/h3-6,8-11H,2,7,13H2,1H3,(H,20,21). The third-order valence-corrected chi connectivity index (χ3v) is 4.11. The van der Waals surface area contributed by atoms with Crippen molar-refractivity contribution in [2.75, 3.05) is 17.7 Å². The number of hydrogen-bond donors (Lipinski definition) is 1. The number of anilines is 1. The van der Waals surface area contributed by atoms with E-state index in [2.05, 4.69) is 11.4 Å². The molecule has 0 radical (unpaired) electrons. The van der Waals surface area contributed by atoms with Crippen LogP contribution in [0.15, 0.2) is 53.4 Å². The number of carbonyl (C=O) groups is 1. The van der Waals surface area contributed by atoms with Gasteiger partial charge >= 0.3 is 0 Å². The third-order valence-electron chi connectivity index (χ3n) is 3.04. The van der Waals surface area contributed by atoms with Crippen LogP contribution < -0.4 is 10.1 Å². The van der Waals surface area contributed by atoms with Crippen molar-refractivity contribution < 1.29 is 9.53 Å². The van der Waals surface area contributed by atoms with Crippen LogP contribution >= 0.6 is 11.8 Å². The van der Waals surface area contributed by atoms with Crippen molar-refractivity contribution in [3.8, 4) is 11.8 Å². The molecule has 0 aliphatic heterocycles. The zero-order valence-corrected chi connectivity index (χ0v) is 13.7. The van der Waals surface area contributed by atoms with Gasteiger partial charge in [0, 0.05) is 17.1 Å². The molecule has 0 unspecified atom stereocenters. The lowest BCUT2D eigenvalue weighted by Gasteiger charge is -2.12. The van der Waals surface area contributed by atoms with Gasteiger partial charge in [-0.25, -0.2) is 0 Å². The molecule has 2 aromatic carbocycles. The van der Waals surface area contributed by atoms with Crippen LogP contribution in [0, 0.1) is 11.3 Å². The number of para-hydroxylation sites is 2. The molecule has 0 saturated carbocycles. The molecule has 2 aromatic rings. The van der Waals surface area contributed by atoms with Crippen molar-refractivity contribution in [2.45, 2.75) is 18.2 Å². The molecule has 0 aromatic heterocycles. The minimum atomic E-state index is -0.206. The lowest BCUT2D eigenvalue weighted by Crippen LogP contribution is -2.14. The number of nitrogens with one attached hydrogen (secondary N) is 1. The van der Waals surface area contributed by atoms with Crippen molar-refractivity contribution in [3.05, 3.63) is 54.1 Å². The van der Waals surface area contributed by atoms with Gasteiger partial charge in [-0.15, -0.1) is 11.8 Å². The molecule has 0 atom stereocenters. The maximum Gasteiger partial charge on any atom is 0.259 e. The van der Waals surface area contributed by atoms with Gasteiger partial charge in [0.15, 0.2) is 0 Å². The average molecular weight is 326 g/mol. The van der Waals surface area contributed by atoms with E-state index in [1.165, 1.54) is 0 Å². The molecule has 4 nitrogen and oxygen atoms in total. The number of nitriles is 1. The minimum Gasteiger partial charge on any atom is -0.493 e. The molecule has 5 heteroatoms. The van der Waals surface area contributed by atoms with Gasteiger partial charge in [0.25, 0.3) is 5.91 Å². The fraction of sp³-hybridized carbons (Fsp3) is 0.222. The van der Waals surface area contributed by atoms with Crippen molar-refractivity contribution in [1.82, 2.24) is 0 Å². The highest BCUT2D eigenvalue weighted by molar-refractivity contribution is 7.99. The van der Waals surface area contributed by atoms with E-state index in [9.17, 15) is 4.79 Å². The van der Waals surface area contributed by atoms with Crippen molar-refractivity contribution in [3.63, 3.8) is 0 Å². The predicted molar refractivity (Wildman–Crippen MR) is 93.0 cm³/mol. The zero-order chi connectivity index (χ0) is 16.5. The molecular weight excluding hydrogens is 308 g/mol. The maximum absolute atomic E-state index is 12.5. The lowest BCUT2D eigenvalue weighted by molar-refractivity contribution is 0.102. The molecule has 2 rings (SSSR count). The van der Waals surface area contributed by atoms with E-state index in [0.717, 1.165) is 10.6 Å². The number of hydrogen-bond acceptors (Lipinski definition) is 4. The Morgan fingerprint density at radius 1 is 1.22 bits per heavy atom. The molecule has 0 spiro atoms. The van der Waals surface area contributed by atoms with Crippen LogP contribution in [-0.4, -0.2) is 18.3 Å². The van der Waals surface area contributed by atoms with Gasteiger partial charge in [0.1, 0.15) is 5.75 Å². The second-order valence-electron chi connectivity index (χ2n) is 4.64. The SMILES string of the molecule is CCOc1ccccc1C(=O)Nc1ccccc1SCCC#N. The van der Waals surface area contributed by atoms with Crippen LogP contribution in [0.4, 0.5) is 5.69 Å². The van der Waals surface area contributed by atoms with Gasteiger partial charge in [0.05, 0.1) is 23.9 Å². The van der Waals surface area contributed by atoms with E-state index in [0.29, 0.717) is 30.1 Å². The number of ether oxygens (including phenoxy) is 1. The topological polar surface area (TPSA) is 62.1 Å². The van der Waals surface area contributed by atoms with E-state index in [4.69, 9.17) is 10.00 Å². The number of thioether (sulfide) groups is 1. The Morgan fingerprint density at radius 2 is 1.96 bits per heavy atom. The Kier molecular flexibility index (Phi) is 6.52. The summed E-state index contributed by atoms with van der Waals surface area (Å²) in [6.07, 6.45) is 0.472. The molecule has 1 amide bonds. The highest BCUT2D eigenvalue weighted by Gasteiger charge is 2.13. The smallest absolute Gasteiger partial charge is 0.259 e. The minimum absolute atomic E-state index is 0.206. The summed E-state index contributed by atoms with van der Waals surface area (Å²) < 4.78 is 5.50. The molecule has 1 N–H and O–H groups in total. The zero-order valence-electron chi connectivity index (χ0n) is 12.9. The third kappa shape index (κ3) is 4.76. The first-order chi connectivity index (χ1) is 11.3. The predicted octanol–water partition coefficient (Wildman–Crippen LogP) is 4.34. The molecule has 0 bridgehead atoms. The molecule has 0 fully saturated rings. The maximum atomic E-state index is 12.5. The van der Waals surface area contributed by atoms with Crippen LogP contribution in [0.2, 0.25) is 0 Å². The summed E-state index contributed by atoms with van der Waals surface area (Å²) in [7, 11) is 0. The second kappa shape index (κ2) is 8.86. The van der Waals surface area contributed by atoms with Crippen LogP contribution in [0.3, 0.4) is 0 Å². The Morgan fingerprint density at radius 3 is 2.74 bits per heavy atom. The van der Waals surface area contributed by atoms with E-state index >= 15 is 0 Å². The van der Waals surface area contributed by atoms with E-state index in [-0.39, 0.29) is 5.91 Å². The highest BCUT2D eigenvalue weighted by Crippen LogP contribution is 2.28. The summed E-state index contributed by atoms with van der Waals surface area (Å²) in [6, 6.07) is 16.9. The molecule has 0 aliphatic rings. The van der Waals surface area contributed by atoms with E-state index < -0.39 is 0 Å². The Labute approximate surface area is 140 Å². The van der Waals surface area contributed by atoms with Gasteiger partial charge in [-0.3, -0.25) is 4.79 Å². The highest BCUT2D eigenvalue weighted by atomic mass is 32.2. The monoisotopic (exact) mass is 326 g/mol. The van der Waals surface area contributed by atoms with E-state index in [1.807, 2.05) is 43.3 Å². The quantitative estimate of drug-likeness (QED) is 0.607. The number of benzene rings is 2. The summed E-state index contributed by atoms with van der Waals surface area (Å²) in [5, 5.41) is 11.6. The molecular formula is C18H18N2O2S. The molecule has 0 heterocycles. The summed E-state index contributed by atoms with van der Waals surface area (Å²) in [6.45, 7) is 2.39. The van der Waals surface area contributed by atoms with Gasteiger partial charge < -0.3 is 10.1 Å². The summed E-state index contributed by atoms with van der Waals surface area (Å²) in [4.78, 5) is 13.5. The summed E-state index contributed by atoms with van der Waals surface area (Å²) >= 11 is 1.55. The lowest BCUT2D eigenvalue weighted by atomic mass is 10.2. The van der Waals surface area contributed by atoms with Crippen LogP contribution in [0.25, 0.3) is 0 Å². The Hall–Kier alpha value is -2.45. The first kappa shape index (κ1) is 16.9.